The Morgan fingerprint density at radius 1 is 1.00 bits per heavy atom. The Bertz CT molecular complexity index is 1370. The van der Waals surface area contributed by atoms with Gasteiger partial charge in [-0.25, -0.2) is 4.79 Å². The molecule has 172 valence electrons. The van der Waals surface area contributed by atoms with Gasteiger partial charge in [-0.15, -0.1) is 11.3 Å². The van der Waals surface area contributed by atoms with Gasteiger partial charge in [0.2, 0.25) is 0 Å². The van der Waals surface area contributed by atoms with Crippen LogP contribution in [-0.2, 0) is 19.4 Å². The summed E-state index contributed by atoms with van der Waals surface area (Å²) in [6.45, 7) is 2.52. The zero-order valence-corrected chi connectivity index (χ0v) is 20.6. The molecule has 6 rings (SSSR count). The quantitative estimate of drug-likeness (QED) is 0.312. The van der Waals surface area contributed by atoms with Crippen molar-refractivity contribution in [2.45, 2.75) is 45.2 Å². The summed E-state index contributed by atoms with van der Waals surface area (Å²) < 4.78 is 2.31. The fraction of sp³-hybridized carbons (Fsp3) is 0.250. The molecule has 0 bridgehead atoms. The van der Waals surface area contributed by atoms with Gasteiger partial charge in [0.05, 0.1) is 18.3 Å². The van der Waals surface area contributed by atoms with Gasteiger partial charge in [-0.05, 0) is 73.6 Å². The van der Waals surface area contributed by atoms with Gasteiger partial charge in [-0.2, -0.15) is 0 Å². The molecule has 0 saturated heterocycles. The number of nitrogens with one attached hydrogen (secondary N) is 1. The predicted octanol–water partition coefficient (Wildman–Crippen LogP) is 7.52. The molecule has 4 aromatic rings. The van der Waals surface area contributed by atoms with Crippen LogP contribution in [0.5, 0.6) is 0 Å². The van der Waals surface area contributed by atoms with Crippen molar-refractivity contribution < 1.29 is 4.79 Å². The summed E-state index contributed by atoms with van der Waals surface area (Å²) in [5, 5.41) is 5.09. The van der Waals surface area contributed by atoms with Crippen molar-refractivity contribution in [2.75, 3.05) is 5.32 Å². The van der Waals surface area contributed by atoms with E-state index < -0.39 is 0 Å². The highest BCUT2D eigenvalue weighted by Gasteiger charge is 2.36. The molecule has 6 heteroatoms. The van der Waals surface area contributed by atoms with E-state index in [0.717, 1.165) is 35.3 Å². The van der Waals surface area contributed by atoms with Crippen LogP contribution in [0.4, 0.5) is 10.5 Å². The zero-order valence-electron chi connectivity index (χ0n) is 19.1. The van der Waals surface area contributed by atoms with E-state index in [1.54, 1.807) is 0 Å². The average Bonchev–Trinajstić information content (AvgIpc) is 3.44. The summed E-state index contributed by atoms with van der Waals surface area (Å²) in [6.07, 6.45) is 6.84. The molecule has 2 aromatic heterocycles. The van der Waals surface area contributed by atoms with Crippen molar-refractivity contribution in [3.05, 3.63) is 105 Å². The zero-order chi connectivity index (χ0) is 23.2. The number of urea groups is 1. The van der Waals surface area contributed by atoms with E-state index in [-0.39, 0.29) is 12.1 Å². The molecule has 0 fully saturated rings. The second kappa shape index (κ2) is 8.64. The SMILES string of the molecule is Cc1c(Cl)cccc1NC(=O)N1Cc2c(sc3c2CCCC3)-n2cccc2C1c1ccccc1. The molecule has 1 N–H and O–H groups in total. The number of aromatic nitrogens is 1. The van der Waals surface area contributed by atoms with Crippen LogP contribution in [-0.4, -0.2) is 15.5 Å². The molecule has 0 spiro atoms. The molecule has 2 aromatic carbocycles. The summed E-state index contributed by atoms with van der Waals surface area (Å²) in [7, 11) is 0. The molecule has 1 aliphatic carbocycles. The van der Waals surface area contributed by atoms with Crippen molar-refractivity contribution in [1.29, 1.82) is 0 Å². The minimum absolute atomic E-state index is 0.115. The summed E-state index contributed by atoms with van der Waals surface area (Å²) in [4.78, 5) is 17.4. The topological polar surface area (TPSA) is 37.3 Å². The molecule has 2 amide bonds. The molecule has 34 heavy (non-hydrogen) atoms. The lowest BCUT2D eigenvalue weighted by Gasteiger charge is -2.31. The first-order valence-corrected chi connectivity index (χ1v) is 13.0. The standard InChI is InChI=1S/C28H26ClN3OS/c1-18-22(29)12-7-13-23(18)30-28(33)32-17-21-20-11-5-6-15-25(20)34-27(21)31-16-8-14-24(31)26(32)19-9-3-2-4-10-19/h2-4,7-10,12-14,16,26H,5-6,11,15,17H2,1H3,(H,30,33). The lowest BCUT2D eigenvalue weighted by molar-refractivity contribution is 0.194. The number of hydrogen-bond donors (Lipinski definition) is 1. The Labute approximate surface area is 208 Å². The molecule has 1 unspecified atom stereocenters. The maximum Gasteiger partial charge on any atom is 0.322 e. The van der Waals surface area contributed by atoms with Gasteiger partial charge in [-0.1, -0.05) is 48.0 Å². The number of amides is 2. The van der Waals surface area contributed by atoms with Gasteiger partial charge in [0, 0.05) is 27.3 Å². The van der Waals surface area contributed by atoms with Gasteiger partial charge >= 0.3 is 6.03 Å². The number of nitrogens with zero attached hydrogens (tertiary/aromatic N) is 2. The summed E-state index contributed by atoms with van der Waals surface area (Å²) >= 11 is 8.26. The maximum atomic E-state index is 14.0. The molecule has 2 aliphatic rings. The van der Waals surface area contributed by atoms with E-state index in [1.807, 2.05) is 59.6 Å². The highest BCUT2D eigenvalue weighted by Crippen LogP contribution is 2.44. The highest BCUT2D eigenvalue weighted by atomic mass is 35.5. The summed E-state index contributed by atoms with van der Waals surface area (Å²) in [6, 6.07) is 19.9. The molecule has 1 atom stereocenters. The average molecular weight is 488 g/mol. The molecule has 0 saturated carbocycles. The smallest absolute Gasteiger partial charge is 0.310 e. The molecule has 1 aliphatic heterocycles. The molecule has 4 nitrogen and oxygen atoms in total. The number of benzene rings is 2. The largest absolute Gasteiger partial charge is 0.322 e. The van der Waals surface area contributed by atoms with E-state index in [4.69, 9.17) is 11.6 Å². The van der Waals surface area contributed by atoms with Gasteiger partial charge < -0.3 is 14.8 Å². The maximum absolute atomic E-state index is 14.0. The van der Waals surface area contributed by atoms with Crippen molar-refractivity contribution in [1.82, 2.24) is 9.47 Å². The van der Waals surface area contributed by atoms with Gasteiger partial charge in [-0.3, -0.25) is 0 Å². The van der Waals surface area contributed by atoms with Crippen LogP contribution >= 0.6 is 22.9 Å². The number of rotatable bonds is 2. The number of fused-ring (bicyclic) bond motifs is 5. The Hall–Kier alpha value is -3.02. The minimum atomic E-state index is -0.200. The van der Waals surface area contributed by atoms with Gasteiger partial charge in [0.25, 0.3) is 0 Å². The van der Waals surface area contributed by atoms with E-state index in [2.05, 4.69) is 40.3 Å². The van der Waals surface area contributed by atoms with Gasteiger partial charge in [0.15, 0.2) is 0 Å². The Morgan fingerprint density at radius 3 is 2.68 bits per heavy atom. The van der Waals surface area contributed by atoms with Crippen LogP contribution in [0, 0.1) is 6.92 Å². The second-order valence-corrected chi connectivity index (χ2v) is 10.6. The number of anilines is 1. The van der Waals surface area contributed by atoms with E-state index in [9.17, 15) is 4.79 Å². The van der Waals surface area contributed by atoms with Crippen molar-refractivity contribution in [2.24, 2.45) is 0 Å². The predicted molar refractivity (Wildman–Crippen MR) is 139 cm³/mol. The first-order chi connectivity index (χ1) is 16.6. The third-order valence-electron chi connectivity index (χ3n) is 7.06. The molecular weight excluding hydrogens is 462 g/mol. The Kier molecular flexibility index (Phi) is 5.47. The lowest BCUT2D eigenvalue weighted by atomic mass is 9.95. The Balaban J connectivity index is 1.50. The third kappa shape index (κ3) is 3.55. The van der Waals surface area contributed by atoms with E-state index >= 15 is 0 Å². The Morgan fingerprint density at radius 2 is 1.82 bits per heavy atom. The summed E-state index contributed by atoms with van der Waals surface area (Å²) in [5.41, 5.74) is 6.59. The van der Waals surface area contributed by atoms with Crippen LogP contribution in [0.3, 0.4) is 0 Å². The summed E-state index contributed by atoms with van der Waals surface area (Å²) in [5.74, 6) is 0. The second-order valence-electron chi connectivity index (χ2n) is 9.08. The van der Waals surface area contributed by atoms with Gasteiger partial charge in [0.1, 0.15) is 5.00 Å². The number of thiophene rings is 1. The van der Waals surface area contributed by atoms with Crippen LogP contribution < -0.4 is 5.32 Å². The number of carbonyl (C=O) groups excluding carboxylic acids is 1. The molecule has 3 heterocycles. The number of aryl methyl sites for hydroxylation is 1. The van der Waals surface area contributed by atoms with Crippen molar-refractivity contribution >= 4 is 34.7 Å². The first-order valence-electron chi connectivity index (χ1n) is 11.8. The van der Waals surface area contributed by atoms with E-state index in [1.165, 1.54) is 33.8 Å². The number of halogens is 1. The van der Waals surface area contributed by atoms with E-state index in [0.29, 0.717) is 11.6 Å². The van der Waals surface area contributed by atoms with Crippen LogP contribution in [0.25, 0.3) is 5.00 Å². The monoisotopic (exact) mass is 487 g/mol. The third-order valence-corrected chi connectivity index (χ3v) is 8.81. The highest BCUT2D eigenvalue weighted by molar-refractivity contribution is 7.15. The fourth-order valence-corrected chi connectivity index (χ4v) is 6.88. The van der Waals surface area contributed by atoms with Crippen molar-refractivity contribution in [3.8, 4) is 5.00 Å². The van der Waals surface area contributed by atoms with Crippen molar-refractivity contribution in [3.63, 3.8) is 0 Å². The lowest BCUT2D eigenvalue weighted by Crippen LogP contribution is -2.38. The number of hydrogen-bond acceptors (Lipinski definition) is 2. The fourth-order valence-electron chi connectivity index (χ4n) is 5.30. The number of carbonyl (C=O) groups is 1. The minimum Gasteiger partial charge on any atom is -0.310 e. The normalized spacial score (nSPS) is 16.9. The van der Waals surface area contributed by atoms with Crippen LogP contribution in [0.15, 0.2) is 66.9 Å². The molecule has 0 radical (unpaired) electrons. The molecular formula is C28H26ClN3OS. The van der Waals surface area contributed by atoms with Crippen LogP contribution in [0.2, 0.25) is 5.02 Å². The first kappa shape index (κ1) is 21.5. The van der Waals surface area contributed by atoms with Crippen LogP contribution in [0.1, 0.15) is 51.7 Å².